The molecule has 4 nitrogen and oxygen atoms in total. The zero-order valence-electron chi connectivity index (χ0n) is 11.6. The van der Waals surface area contributed by atoms with Gasteiger partial charge in [-0.3, -0.25) is 4.79 Å². The van der Waals surface area contributed by atoms with E-state index in [1.54, 1.807) is 30.5 Å². The average Bonchev–Trinajstić information content (AvgIpc) is 2.41. The van der Waals surface area contributed by atoms with E-state index in [9.17, 15) is 4.79 Å². The second kappa shape index (κ2) is 6.01. The Morgan fingerprint density at radius 3 is 2.45 bits per heavy atom. The lowest BCUT2D eigenvalue weighted by molar-refractivity contribution is 0.102. The molecule has 0 radical (unpaired) electrons. The number of carbonyl (C=O) groups is 1. The largest absolute Gasteiger partial charge is 0.322 e. The summed E-state index contributed by atoms with van der Waals surface area (Å²) in [5, 5.41) is 3.43. The van der Waals surface area contributed by atoms with Crippen LogP contribution in [0.25, 0.3) is 0 Å². The SMILES string of the molecule is Cc1nc(C(C)C)ncc1C(=O)Nc1ccc(Cl)cc1. The topological polar surface area (TPSA) is 54.9 Å². The molecule has 1 amide bonds. The second-order valence-corrected chi connectivity index (χ2v) is 5.28. The number of amides is 1. The minimum Gasteiger partial charge on any atom is -0.322 e. The molecule has 0 fully saturated rings. The van der Waals surface area contributed by atoms with E-state index in [-0.39, 0.29) is 11.8 Å². The van der Waals surface area contributed by atoms with Crippen LogP contribution in [-0.2, 0) is 0 Å². The number of benzene rings is 1. The minimum atomic E-state index is -0.222. The summed E-state index contributed by atoms with van der Waals surface area (Å²) in [5.74, 6) is 0.757. The third-order valence-electron chi connectivity index (χ3n) is 2.86. The molecule has 0 unspecified atom stereocenters. The van der Waals surface area contributed by atoms with E-state index >= 15 is 0 Å². The molecule has 0 saturated carbocycles. The number of hydrogen-bond acceptors (Lipinski definition) is 3. The number of nitrogens with one attached hydrogen (secondary N) is 1. The van der Waals surface area contributed by atoms with Crippen LogP contribution in [0.4, 0.5) is 5.69 Å². The van der Waals surface area contributed by atoms with Crippen LogP contribution in [0.1, 0.15) is 41.6 Å². The Morgan fingerprint density at radius 2 is 1.90 bits per heavy atom. The monoisotopic (exact) mass is 289 g/mol. The predicted octanol–water partition coefficient (Wildman–Crippen LogP) is 3.81. The van der Waals surface area contributed by atoms with Crippen LogP contribution in [0, 0.1) is 6.92 Å². The van der Waals surface area contributed by atoms with Gasteiger partial charge in [0.15, 0.2) is 0 Å². The highest BCUT2D eigenvalue weighted by Crippen LogP contribution is 2.16. The fraction of sp³-hybridized carbons (Fsp3) is 0.267. The molecule has 1 heterocycles. The Morgan fingerprint density at radius 1 is 1.25 bits per heavy atom. The molecule has 0 spiro atoms. The lowest BCUT2D eigenvalue weighted by Crippen LogP contribution is -2.15. The van der Waals surface area contributed by atoms with Gasteiger partial charge in [0.1, 0.15) is 5.82 Å². The molecule has 2 rings (SSSR count). The molecule has 0 atom stereocenters. The first-order valence-electron chi connectivity index (χ1n) is 6.38. The Balaban J connectivity index is 2.19. The van der Waals surface area contributed by atoms with Crippen molar-refractivity contribution in [2.24, 2.45) is 0 Å². The Labute approximate surface area is 123 Å². The lowest BCUT2D eigenvalue weighted by Gasteiger charge is -2.09. The standard InChI is InChI=1S/C15H16ClN3O/c1-9(2)14-17-8-13(10(3)18-14)15(20)19-12-6-4-11(16)5-7-12/h4-9H,1-3H3,(H,19,20). The van der Waals surface area contributed by atoms with Crippen molar-refractivity contribution in [2.75, 3.05) is 5.32 Å². The summed E-state index contributed by atoms with van der Waals surface area (Å²) in [6, 6.07) is 6.95. The summed E-state index contributed by atoms with van der Waals surface area (Å²) in [6.45, 7) is 5.84. The summed E-state index contributed by atoms with van der Waals surface area (Å²) in [4.78, 5) is 20.8. The van der Waals surface area contributed by atoms with Crippen LogP contribution >= 0.6 is 11.6 Å². The van der Waals surface area contributed by atoms with Gasteiger partial charge in [-0.25, -0.2) is 9.97 Å². The minimum absolute atomic E-state index is 0.222. The quantitative estimate of drug-likeness (QED) is 0.934. The molecule has 5 heteroatoms. The molecule has 20 heavy (non-hydrogen) atoms. The van der Waals surface area contributed by atoms with Gasteiger partial charge in [0.25, 0.3) is 5.91 Å². The van der Waals surface area contributed by atoms with Crippen LogP contribution in [0.5, 0.6) is 0 Å². The highest BCUT2D eigenvalue weighted by molar-refractivity contribution is 6.30. The predicted molar refractivity (Wildman–Crippen MR) is 80.3 cm³/mol. The summed E-state index contributed by atoms with van der Waals surface area (Å²) in [6.07, 6.45) is 1.57. The zero-order chi connectivity index (χ0) is 14.7. The van der Waals surface area contributed by atoms with Gasteiger partial charge in [0.05, 0.1) is 11.3 Å². The van der Waals surface area contributed by atoms with Crippen molar-refractivity contribution in [1.82, 2.24) is 9.97 Å². The van der Waals surface area contributed by atoms with Gasteiger partial charge >= 0.3 is 0 Å². The van der Waals surface area contributed by atoms with Crippen LogP contribution in [0.2, 0.25) is 5.02 Å². The summed E-state index contributed by atoms with van der Waals surface area (Å²) >= 11 is 5.80. The summed E-state index contributed by atoms with van der Waals surface area (Å²) in [7, 11) is 0. The van der Waals surface area contributed by atoms with Crippen LogP contribution < -0.4 is 5.32 Å². The first kappa shape index (κ1) is 14.5. The molecule has 104 valence electrons. The first-order valence-corrected chi connectivity index (χ1v) is 6.75. The van der Waals surface area contributed by atoms with E-state index in [2.05, 4.69) is 15.3 Å². The number of carbonyl (C=O) groups excluding carboxylic acids is 1. The maximum Gasteiger partial charge on any atom is 0.259 e. The van der Waals surface area contributed by atoms with Gasteiger partial charge in [-0.15, -0.1) is 0 Å². The van der Waals surface area contributed by atoms with Crippen LogP contribution in [-0.4, -0.2) is 15.9 Å². The van der Waals surface area contributed by atoms with E-state index in [1.165, 1.54) is 0 Å². The molecule has 0 bridgehead atoms. The smallest absolute Gasteiger partial charge is 0.259 e. The molecule has 1 N–H and O–H groups in total. The summed E-state index contributed by atoms with van der Waals surface area (Å²) < 4.78 is 0. The number of anilines is 1. The second-order valence-electron chi connectivity index (χ2n) is 4.84. The van der Waals surface area contributed by atoms with E-state index in [0.717, 1.165) is 5.82 Å². The molecule has 2 aromatic rings. The molecular formula is C15H16ClN3O. The molecule has 0 saturated heterocycles. The Bertz CT molecular complexity index is 624. The third kappa shape index (κ3) is 3.33. The molecule has 0 aliphatic carbocycles. The number of hydrogen-bond donors (Lipinski definition) is 1. The van der Waals surface area contributed by atoms with Crippen molar-refractivity contribution in [3.05, 3.63) is 52.6 Å². The van der Waals surface area contributed by atoms with Gasteiger partial charge in [-0.05, 0) is 31.2 Å². The fourth-order valence-electron chi connectivity index (χ4n) is 1.72. The fourth-order valence-corrected chi connectivity index (χ4v) is 1.84. The molecular weight excluding hydrogens is 274 g/mol. The van der Waals surface area contributed by atoms with E-state index in [4.69, 9.17) is 11.6 Å². The zero-order valence-corrected chi connectivity index (χ0v) is 12.4. The van der Waals surface area contributed by atoms with Crippen LogP contribution in [0.15, 0.2) is 30.5 Å². The normalized spacial score (nSPS) is 10.7. The van der Waals surface area contributed by atoms with Crippen molar-refractivity contribution >= 4 is 23.2 Å². The number of halogens is 1. The number of aryl methyl sites for hydroxylation is 1. The van der Waals surface area contributed by atoms with Gasteiger partial charge < -0.3 is 5.32 Å². The van der Waals surface area contributed by atoms with Crippen molar-refractivity contribution in [2.45, 2.75) is 26.7 Å². The molecule has 0 aliphatic rings. The van der Waals surface area contributed by atoms with Crippen molar-refractivity contribution in [1.29, 1.82) is 0 Å². The summed E-state index contributed by atoms with van der Waals surface area (Å²) in [5.41, 5.74) is 1.84. The average molecular weight is 290 g/mol. The highest BCUT2D eigenvalue weighted by atomic mass is 35.5. The van der Waals surface area contributed by atoms with Crippen molar-refractivity contribution in [3.8, 4) is 0 Å². The highest BCUT2D eigenvalue weighted by Gasteiger charge is 2.13. The molecule has 0 aliphatic heterocycles. The van der Waals surface area contributed by atoms with Crippen LogP contribution in [0.3, 0.4) is 0 Å². The van der Waals surface area contributed by atoms with Gasteiger partial charge in [-0.2, -0.15) is 0 Å². The van der Waals surface area contributed by atoms with E-state index in [0.29, 0.717) is 22.0 Å². The van der Waals surface area contributed by atoms with E-state index in [1.807, 2.05) is 20.8 Å². The molecule has 1 aromatic carbocycles. The lowest BCUT2D eigenvalue weighted by atomic mass is 10.1. The van der Waals surface area contributed by atoms with Gasteiger partial charge in [0, 0.05) is 22.8 Å². The van der Waals surface area contributed by atoms with Gasteiger partial charge in [-0.1, -0.05) is 25.4 Å². The maximum atomic E-state index is 12.2. The molecule has 1 aromatic heterocycles. The number of rotatable bonds is 3. The van der Waals surface area contributed by atoms with Gasteiger partial charge in [0.2, 0.25) is 0 Å². The van der Waals surface area contributed by atoms with Crippen molar-refractivity contribution < 1.29 is 4.79 Å². The third-order valence-corrected chi connectivity index (χ3v) is 3.11. The van der Waals surface area contributed by atoms with Crippen molar-refractivity contribution in [3.63, 3.8) is 0 Å². The number of nitrogens with zero attached hydrogens (tertiary/aromatic N) is 2. The Kier molecular flexibility index (Phi) is 4.35. The number of aromatic nitrogens is 2. The van der Waals surface area contributed by atoms with E-state index < -0.39 is 0 Å². The first-order chi connectivity index (χ1) is 9.47. The maximum absolute atomic E-state index is 12.2. The Hall–Kier alpha value is -1.94.